The molecule has 0 fully saturated rings. The van der Waals surface area contributed by atoms with E-state index in [0.29, 0.717) is 5.69 Å². The van der Waals surface area contributed by atoms with Crippen LogP contribution in [0, 0.1) is 5.82 Å². The zero-order chi connectivity index (χ0) is 16.6. The molecule has 118 valence electrons. The third kappa shape index (κ3) is 3.15. The van der Waals surface area contributed by atoms with Crippen molar-refractivity contribution >= 4 is 22.6 Å². The summed E-state index contributed by atoms with van der Waals surface area (Å²) in [6.45, 7) is 0. The molecular formula is C15H9F4N3O. The second kappa shape index (κ2) is 5.38. The zero-order valence-corrected chi connectivity index (χ0v) is 11.4. The predicted molar refractivity (Wildman–Crippen MR) is 75.4 cm³/mol. The molecule has 0 radical (unpaired) electrons. The summed E-state index contributed by atoms with van der Waals surface area (Å²) in [7, 11) is 0. The number of rotatable bonds is 2. The molecule has 2 aromatic carbocycles. The molecule has 0 saturated heterocycles. The SMILES string of the molecule is O=C(Nc1ccc2nc(C(F)(F)F)[nH]c2c1)c1ccc(F)cc1. The van der Waals surface area contributed by atoms with Crippen molar-refractivity contribution in [1.29, 1.82) is 0 Å². The summed E-state index contributed by atoms with van der Waals surface area (Å²) in [6.07, 6.45) is -4.57. The first-order valence-electron chi connectivity index (χ1n) is 6.47. The number of imidazole rings is 1. The monoisotopic (exact) mass is 323 g/mol. The van der Waals surface area contributed by atoms with E-state index in [-0.39, 0.29) is 16.6 Å². The van der Waals surface area contributed by atoms with Gasteiger partial charge in [-0.1, -0.05) is 0 Å². The van der Waals surface area contributed by atoms with Crippen LogP contribution in [0.5, 0.6) is 0 Å². The number of aromatic amines is 1. The molecule has 8 heteroatoms. The molecule has 0 spiro atoms. The fourth-order valence-corrected chi connectivity index (χ4v) is 2.03. The normalized spacial score (nSPS) is 11.7. The molecule has 23 heavy (non-hydrogen) atoms. The maximum atomic E-state index is 12.8. The van der Waals surface area contributed by atoms with Crippen LogP contribution in [-0.4, -0.2) is 15.9 Å². The quantitative estimate of drug-likeness (QED) is 0.701. The molecule has 0 aliphatic carbocycles. The molecule has 4 nitrogen and oxygen atoms in total. The van der Waals surface area contributed by atoms with E-state index in [2.05, 4.69) is 15.3 Å². The van der Waals surface area contributed by atoms with Gasteiger partial charge in [-0.15, -0.1) is 0 Å². The topological polar surface area (TPSA) is 57.8 Å². The van der Waals surface area contributed by atoms with Crippen molar-refractivity contribution in [2.24, 2.45) is 0 Å². The number of H-pyrrole nitrogens is 1. The van der Waals surface area contributed by atoms with Gasteiger partial charge in [0.05, 0.1) is 11.0 Å². The van der Waals surface area contributed by atoms with E-state index < -0.39 is 23.7 Å². The summed E-state index contributed by atoms with van der Waals surface area (Å²) >= 11 is 0. The number of anilines is 1. The number of alkyl halides is 3. The maximum absolute atomic E-state index is 12.8. The Morgan fingerprint density at radius 3 is 2.43 bits per heavy atom. The second-order valence-corrected chi connectivity index (χ2v) is 4.78. The van der Waals surface area contributed by atoms with E-state index in [0.717, 1.165) is 12.1 Å². The van der Waals surface area contributed by atoms with Crippen molar-refractivity contribution in [2.75, 3.05) is 5.32 Å². The third-order valence-electron chi connectivity index (χ3n) is 3.11. The van der Waals surface area contributed by atoms with Gasteiger partial charge in [0, 0.05) is 11.3 Å². The Bertz CT molecular complexity index is 869. The molecule has 0 bridgehead atoms. The Hall–Kier alpha value is -2.90. The van der Waals surface area contributed by atoms with Crippen molar-refractivity contribution in [3.63, 3.8) is 0 Å². The van der Waals surface area contributed by atoms with Crippen molar-refractivity contribution in [1.82, 2.24) is 9.97 Å². The Balaban J connectivity index is 1.85. The maximum Gasteiger partial charge on any atom is 0.449 e. The number of benzene rings is 2. The van der Waals surface area contributed by atoms with Crippen molar-refractivity contribution < 1.29 is 22.4 Å². The summed E-state index contributed by atoms with van der Waals surface area (Å²) in [4.78, 5) is 17.6. The van der Waals surface area contributed by atoms with Gasteiger partial charge in [0.25, 0.3) is 5.91 Å². The molecule has 3 aromatic rings. The average molecular weight is 323 g/mol. The number of carbonyl (C=O) groups is 1. The van der Waals surface area contributed by atoms with Crippen molar-refractivity contribution in [3.05, 3.63) is 59.7 Å². The minimum absolute atomic E-state index is 0.136. The first-order chi connectivity index (χ1) is 10.8. The van der Waals surface area contributed by atoms with Crippen LogP contribution in [0.3, 0.4) is 0 Å². The number of amides is 1. The lowest BCUT2D eigenvalue weighted by atomic mass is 10.2. The van der Waals surface area contributed by atoms with Gasteiger partial charge in [0.15, 0.2) is 0 Å². The number of hydrogen-bond donors (Lipinski definition) is 2. The minimum Gasteiger partial charge on any atom is -0.334 e. The molecule has 0 aliphatic heterocycles. The molecule has 0 aliphatic rings. The fraction of sp³-hybridized carbons (Fsp3) is 0.0667. The van der Waals surface area contributed by atoms with Gasteiger partial charge < -0.3 is 10.3 Å². The lowest BCUT2D eigenvalue weighted by Gasteiger charge is -2.05. The van der Waals surface area contributed by atoms with Gasteiger partial charge in [-0.3, -0.25) is 4.79 Å². The van der Waals surface area contributed by atoms with Crippen LogP contribution in [-0.2, 0) is 6.18 Å². The standard InChI is InChI=1S/C15H9F4N3O/c16-9-3-1-8(2-4-9)13(23)20-10-5-6-11-12(7-10)22-14(21-11)15(17,18)19/h1-7H,(H,20,23)(H,21,22). The summed E-state index contributed by atoms with van der Waals surface area (Å²) in [5.74, 6) is -2.07. The summed E-state index contributed by atoms with van der Waals surface area (Å²) < 4.78 is 50.6. The van der Waals surface area contributed by atoms with Crippen LogP contribution >= 0.6 is 0 Å². The van der Waals surface area contributed by atoms with Gasteiger partial charge in [0.2, 0.25) is 5.82 Å². The van der Waals surface area contributed by atoms with Crippen LogP contribution < -0.4 is 5.32 Å². The van der Waals surface area contributed by atoms with E-state index in [9.17, 15) is 22.4 Å². The predicted octanol–water partition coefficient (Wildman–Crippen LogP) is 3.97. The van der Waals surface area contributed by atoms with Gasteiger partial charge in [0.1, 0.15) is 5.82 Å². The summed E-state index contributed by atoms with van der Waals surface area (Å²) in [6, 6.07) is 9.04. The first-order valence-corrected chi connectivity index (χ1v) is 6.47. The van der Waals surface area contributed by atoms with Crippen LogP contribution in [0.4, 0.5) is 23.2 Å². The number of hydrogen-bond acceptors (Lipinski definition) is 2. The van der Waals surface area contributed by atoms with Crippen molar-refractivity contribution in [2.45, 2.75) is 6.18 Å². The number of fused-ring (bicyclic) bond motifs is 1. The highest BCUT2D eigenvalue weighted by Gasteiger charge is 2.34. The average Bonchev–Trinajstić information content (AvgIpc) is 2.91. The minimum atomic E-state index is -4.57. The Labute approximate surface area is 127 Å². The van der Waals surface area contributed by atoms with Gasteiger partial charge in [-0.05, 0) is 42.5 Å². The number of carbonyl (C=O) groups excluding carboxylic acids is 1. The van der Waals surface area contributed by atoms with E-state index in [1.165, 1.54) is 30.3 Å². The number of halogens is 4. The Morgan fingerprint density at radius 1 is 1.09 bits per heavy atom. The highest BCUT2D eigenvalue weighted by molar-refractivity contribution is 6.04. The number of nitrogens with zero attached hydrogens (tertiary/aromatic N) is 1. The van der Waals surface area contributed by atoms with Crippen LogP contribution in [0.25, 0.3) is 11.0 Å². The van der Waals surface area contributed by atoms with E-state index >= 15 is 0 Å². The zero-order valence-electron chi connectivity index (χ0n) is 11.4. The van der Waals surface area contributed by atoms with Gasteiger partial charge in [-0.25, -0.2) is 9.37 Å². The van der Waals surface area contributed by atoms with E-state index in [1.54, 1.807) is 0 Å². The number of aromatic nitrogens is 2. The molecule has 1 amide bonds. The lowest BCUT2D eigenvalue weighted by molar-refractivity contribution is -0.144. The smallest absolute Gasteiger partial charge is 0.334 e. The molecular weight excluding hydrogens is 314 g/mol. The largest absolute Gasteiger partial charge is 0.449 e. The molecule has 0 saturated carbocycles. The van der Waals surface area contributed by atoms with E-state index in [4.69, 9.17) is 0 Å². The summed E-state index contributed by atoms with van der Waals surface area (Å²) in [5.41, 5.74) is 0.808. The third-order valence-corrected chi connectivity index (χ3v) is 3.11. The van der Waals surface area contributed by atoms with E-state index in [1.807, 2.05) is 0 Å². The highest BCUT2D eigenvalue weighted by atomic mass is 19.4. The van der Waals surface area contributed by atoms with Gasteiger partial charge in [-0.2, -0.15) is 13.2 Å². The van der Waals surface area contributed by atoms with Crippen LogP contribution in [0.15, 0.2) is 42.5 Å². The Morgan fingerprint density at radius 2 is 1.78 bits per heavy atom. The molecule has 2 N–H and O–H groups in total. The Kier molecular flexibility index (Phi) is 3.51. The second-order valence-electron chi connectivity index (χ2n) is 4.78. The molecule has 1 aromatic heterocycles. The number of nitrogens with one attached hydrogen (secondary N) is 2. The lowest BCUT2D eigenvalue weighted by Crippen LogP contribution is -2.11. The fourth-order valence-electron chi connectivity index (χ4n) is 2.03. The van der Waals surface area contributed by atoms with Crippen LogP contribution in [0.2, 0.25) is 0 Å². The van der Waals surface area contributed by atoms with Crippen molar-refractivity contribution in [3.8, 4) is 0 Å². The molecule has 3 rings (SSSR count). The molecule has 0 atom stereocenters. The van der Waals surface area contributed by atoms with Crippen LogP contribution in [0.1, 0.15) is 16.2 Å². The highest BCUT2D eigenvalue weighted by Crippen LogP contribution is 2.29. The first kappa shape index (κ1) is 15.0. The molecule has 1 heterocycles. The molecule has 0 unspecified atom stereocenters. The van der Waals surface area contributed by atoms with Gasteiger partial charge >= 0.3 is 6.18 Å². The summed E-state index contributed by atoms with van der Waals surface area (Å²) in [5, 5.41) is 2.53.